The van der Waals surface area contributed by atoms with E-state index in [2.05, 4.69) is 85.5 Å². The molecule has 0 saturated carbocycles. The molecule has 0 heterocycles. The standard InChI is InChI=1S/C22H18/c1-2-18-12-14-19(15-13-18)16-17-21-10-6-7-11-22(21)20-8-4-3-5-9-20/h3-15H,2H2,1H3. The lowest BCUT2D eigenvalue weighted by atomic mass is 10.00. The van der Waals surface area contributed by atoms with Crippen molar-refractivity contribution in [3.05, 3.63) is 95.6 Å². The Morgan fingerprint density at radius 1 is 0.682 bits per heavy atom. The molecule has 0 aliphatic carbocycles. The van der Waals surface area contributed by atoms with Crippen LogP contribution in [0.1, 0.15) is 23.6 Å². The summed E-state index contributed by atoms with van der Waals surface area (Å²) in [4.78, 5) is 0. The Labute approximate surface area is 132 Å². The van der Waals surface area contributed by atoms with Gasteiger partial charge in [-0.1, -0.05) is 79.4 Å². The van der Waals surface area contributed by atoms with E-state index in [1.807, 2.05) is 12.1 Å². The molecule has 3 aromatic rings. The third kappa shape index (κ3) is 3.27. The van der Waals surface area contributed by atoms with Crippen LogP contribution in [0.25, 0.3) is 11.1 Å². The number of benzene rings is 3. The van der Waals surface area contributed by atoms with Crippen LogP contribution < -0.4 is 0 Å². The molecular weight excluding hydrogens is 264 g/mol. The normalized spacial score (nSPS) is 9.86. The van der Waals surface area contributed by atoms with Crippen LogP contribution in [0, 0.1) is 11.8 Å². The lowest BCUT2D eigenvalue weighted by molar-refractivity contribution is 1.14. The summed E-state index contributed by atoms with van der Waals surface area (Å²) in [5.74, 6) is 6.59. The first-order valence-electron chi connectivity index (χ1n) is 7.62. The predicted octanol–water partition coefficient (Wildman–Crippen LogP) is 5.32. The molecule has 0 spiro atoms. The van der Waals surface area contributed by atoms with E-state index < -0.39 is 0 Å². The summed E-state index contributed by atoms with van der Waals surface area (Å²) < 4.78 is 0. The van der Waals surface area contributed by atoms with Crippen LogP contribution in [0.4, 0.5) is 0 Å². The van der Waals surface area contributed by atoms with Gasteiger partial charge in [-0.2, -0.15) is 0 Å². The molecule has 0 nitrogen and oxygen atoms in total. The van der Waals surface area contributed by atoms with Gasteiger partial charge in [0.25, 0.3) is 0 Å². The van der Waals surface area contributed by atoms with Crippen molar-refractivity contribution in [2.75, 3.05) is 0 Å². The number of hydrogen-bond donors (Lipinski definition) is 0. The Hall–Kier alpha value is -2.78. The van der Waals surface area contributed by atoms with Crippen molar-refractivity contribution in [3.8, 4) is 23.0 Å². The van der Waals surface area contributed by atoms with E-state index in [4.69, 9.17) is 0 Å². The van der Waals surface area contributed by atoms with Crippen LogP contribution in [0.2, 0.25) is 0 Å². The first-order chi connectivity index (χ1) is 10.9. The summed E-state index contributed by atoms with van der Waals surface area (Å²) in [6.07, 6.45) is 1.06. The van der Waals surface area contributed by atoms with Gasteiger partial charge in [-0.05, 0) is 41.3 Å². The van der Waals surface area contributed by atoms with E-state index in [-0.39, 0.29) is 0 Å². The molecule has 106 valence electrons. The zero-order valence-corrected chi connectivity index (χ0v) is 12.7. The average Bonchev–Trinajstić information content (AvgIpc) is 2.61. The van der Waals surface area contributed by atoms with Crippen molar-refractivity contribution in [2.45, 2.75) is 13.3 Å². The molecule has 0 fully saturated rings. The van der Waals surface area contributed by atoms with Crippen molar-refractivity contribution >= 4 is 0 Å². The van der Waals surface area contributed by atoms with Gasteiger partial charge >= 0.3 is 0 Å². The number of rotatable bonds is 2. The Bertz CT molecular complexity index is 800. The van der Waals surface area contributed by atoms with E-state index >= 15 is 0 Å². The molecule has 3 aromatic carbocycles. The second kappa shape index (κ2) is 6.78. The first-order valence-corrected chi connectivity index (χ1v) is 7.62. The molecular formula is C22H18. The third-order valence-electron chi connectivity index (χ3n) is 3.72. The Morgan fingerprint density at radius 3 is 2.09 bits per heavy atom. The quantitative estimate of drug-likeness (QED) is 0.558. The van der Waals surface area contributed by atoms with Crippen molar-refractivity contribution in [3.63, 3.8) is 0 Å². The molecule has 22 heavy (non-hydrogen) atoms. The van der Waals surface area contributed by atoms with Gasteiger partial charge in [-0.25, -0.2) is 0 Å². The molecule has 0 aliphatic heterocycles. The molecule has 0 N–H and O–H groups in total. The maximum absolute atomic E-state index is 3.32. The van der Waals surface area contributed by atoms with Crippen LogP contribution in [-0.4, -0.2) is 0 Å². The van der Waals surface area contributed by atoms with Crippen LogP contribution in [0.5, 0.6) is 0 Å². The molecule has 3 rings (SSSR count). The molecule has 0 aliphatic rings. The van der Waals surface area contributed by atoms with E-state index in [1.165, 1.54) is 16.7 Å². The van der Waals surface area contributed by atoms with E-state index in [1.54, 1.807) is 0 Å². The smallest absolute Gasteiger partial charge is 0.0327 e. The summed E-state index contributed by atoms with van der Waals surface area (Å²) in [5.41, 5.74) is 5.85. The molecule has 0 radical (unpaired) electrons. The fraction of sp³-hybridized carbons (Fsp3) is 0.0909. The van der Waals surface area contributed by atoms with Crippen LogP contribution in [0.3, 0.4) is 0 Å². The summed E-state index contributed by atoms with van der Waals surface area (Å²) in [6.45, 7) is 2.16. The van der Waals surface area contributed by atoms with Gasteiger partial charge < -0.3 is 0 Å². The zero-order valence-electron chi connectivity index (χ0n) is 12.7. The van der Waals surface area contributed by atoms with Gasteiger partial charge in [-0.15, -0.1) is 0 Å². The van der Waals surface area contributed by atoms with Gasteiger partial charge in [0.05, 0.1) is 0 Å². The average molecular weight is 282 g/mol. The topological polar surface area (TPSA) is 0 Å². The molecule has 0 saturated heterocycles. The molecule has 0 unspecified atom stereocenters. The van der Waals surface area contributed by atoms with E-state index in [9.17, 15) is 0 Å². The zero-order chi connectivity index (χ0) is 15.2. The lowest BCUT2D eigenvalue weighted by Crippen LogP contribution is -1.84. The van der Waals surface area contributed by atoms with Crippen molar-refractivity contribution in [2.24, 2.45) is 0 Å². The highest BCUT2D eigenvalue weighted by Crippen LogP contribution is 2.22. The minimum Gasteiger partial charge on any atom is -0.0622 e. The summed E-state index contributed by atoms with van der Waals surface area (Å²) in [7, 11) is 0. The van der Waals surface area contributed by atoms with Gasteiger partial charge in [0.2, 0.25) is 0 Å². The highest BCUT2D eigenvalue weighted by atomic mass is 14.0. The maximum Gasteiger partial charge on any atom is 0.0327 e. The number of aryl methyl sites for hydroxylation is 1. The SMILES string of the molecule is CCc1ccc(C#Cc2ccccc2-c2ccccc2)cc1. The minimum absolute atomic E-state index is 1.06. The maximum atomic E-state index is 3.32. The van der Waals surface area contributed by atoms with Gasteiger partial charge in [0.1, 0.15) is 0 Å². The molecule has 0 atom stereocenters. The fourth-order valence-electron chi connectivity index (χ4n) is 2.42. The van der Waals surface area contributed by atoms with Gasteiger partial charge in [0.15, 0.2) is 0 Å². The van der Waals surface area contributed by atoms with Crippen molar-refractivity contribution in [1.82, 2.24) is 0 Å². The Kier molecular flexibility index (Phi) is 4.37. The van der Waals surface area contributed by atoms with Crippen molar-refractivity contribution in [1.29, 1.82) is 0 Å². The third-order valence-corrected chi connectivity index (χ3v) is 3.72. The highest BCUT2D eigenvalue weighted by molar-refractivity contribution is 5.71. The summed E-state index contributed by atoms with van der Waals surface area (Å²) in [6, 6.07) is 27.2. The summed E-state index contributed by atoms with van der Waals surface area (Å²) >= 11 is 0. The first kappa shape index (κ1) is 14.2. The second-order valence-corrected chi connectivity index (χ2v) is 5.21. The van der Waals surface area contributed by atoms with Gasteiger partial charge in [0, 0.05) is 11.1 Å². The summed E-state index contributed by atoms with van der Waals surface area (Å²) in [5, 5.41) is 0. The minimum atomic E-state index is 1.06. The largest absolute Gasteiger partial charge is 0.0622 e. The monoisotopic (exact) mass is 282 g/mol. The van der Waals surface area contributed by atoms with E-state index in [0.717, 1.165) is 17.5 Å². The molecule has 0 amide bonds. The van der Waals surface area contributed by atoms with Crippen molar-refractivity contribution < 1.29 is 0 Å². The lowest BCUT2D eigenvalue weighted by Gasteiger charge is -2.04. The van der Waals surface area contributed by atoms with E-state index in [0.29, 0.717) is 0 Å². The number of hydrogen-bond acceptors (Lipinski definition) is 0. The van der Waals surface area contributed by atoms with Crippen LogP contribution in [0.15, 0.2) is 78.9 Å². The Morgan fingerprint density at radius 2 is 1.36 bits per heavy atom. The van der Waals surface area contributed by atoms with Crippen LogP contribution >= 0.6 is 0 Å². The predicted molar refractivity (Wildman–Crippen MR) is 93.7 cm³/mol. The molecule has 0 bridgehead atoms. The fourth-order valence-corrected chi connectivity index (χ4v) is 2.42. The molecule has 0 heteroatoms. The Balaban J connectivity index is 1.95. The second-order valence-electron chi connectivity index (χ2n) is 5.21. The molecule has 0 aromatic heterocycles. The highest BCUT2D eigenvalue weighted by Gasteiger charge is 2.01. The van der Waals surface area contributed by atoms with Crippen LogP contribution in [-0.2, 0) is 6.42 Å². The van der Waals surface area contributed by atoms with Gasteiger partial charge in [-0.3, -0.25) is 0 Å².